The van der Waals surface area contributed by atoms with E-state index in [1.54, 1.807) is 12.3 Å². The van der Waals surface area contributed by atoms with Crippen molar-refractivity contribution in [3.63, 3.8) is 0 Å². The van der Waals surface area contributed by atoms with E-state index in [1.165, 1.54) is 0 Å². The van der Waals surface area contributed by atoms with Crippen LogP contribution in [0.2, 0.25) is 0 Å². The minimum absolute atomic E-state index is 0. The number of hydrogen-bond acceptors (Lipinski definition) is 5. The Labute approximate surface area is 150 Å². The molecule has 0 saturated carbocycles. The van der Waals surface area contributed by atoms with E-state index in [4.69, 9.17) is 5.73 Å². The lowest BCUT2D eigenvalue weighted by Gasteiger charge is -2.33. The molecule has 132 valence electrons. The number of amides is 1. The summed E-state index contributed by atoms with van der Waals surface area (Å²) in [5.74, 6) is 0.850. The van der Waals surface area contributed by atoms with Crippen LogP contribution in [0.25, 0.3) is 0 Å². The summed E-state index contributed by atoms with van der Waals surface area (Å²) in [6.45, 7) is 5.28. The Morgan fingerprint density at radius 2 is 1.96 bits per heavy atom. The predicted molar refractivity (Wildman–Crippen MR) is 99.1 cm³/mol. The first-order valence-corrected chi connectivity index (χ1v) is 7.58. The molecular formula is C15H27Cl2N5O. The molecule has 1 fully saturated rings. The van der Waals surface area contributed by atoms with Crippen LogP contribution in [0.15, 0.2) is 18.3 Å². The Balaban J connectivity index is 0.00000242. The van der Waals surface area contributed by atoms with Gasteiger partial charge >= 0.3 is 0 Å². The largest absolute Gasteiger partial charge is 0.354 e. The van der Waals surface area contributed by atoms with Crippen molar-refractivity contribution in [2.75, 3.05) is 51.2 Å². The highest BCUT2D eigenvalue weighted by Gasteiger charge is 2.16. The molecule has 8 heteroatoms. The van der Waals surface area contributed by atoms with Gasteiger partial charge in [-0.1, -0.05) is 0 Å². The normalized spacial score (nSPS) is 14.6. The van der Waals surface area contributed by atoms with Gasteiger partial charge in [0.25, 0.3) is 5.91 Å². The molecule has 2 heterocycles. The lowest BCUT2D eigenvalue weighted by atomic mass is 10.2. The minimum Gasteiger partial charge on any atom is -0.354 e. The smallest absolute Gasteiger partial charge is 0.251 e. The van der Waals surface area contributed by atoms with Gasteiger partial charge in [-0.25, -0.2) is 4.98 Å². The number of unbranched alkanes of at least 4 members (excludes halogenated alkanes) is 1. The van der Waals surface area contributed by atoms with Gasteiger partial charge in [0, 0.05) is 44.5 Å². The van der Waals surface area contributed by atoms with E-state index >= 15 is 0 Å². The fraction of sp³-hybridized carbons (Fsp3) is 0.600. The Bertz CT molecular complexity index is 467. The highest BCUT2D eigenvalue weighted by molar-refractivity contribution is 5.94. The lowest BCUT2D eigenvalue weighted by molar-refractivity contribution is 0.0953. The summed E-state index contributed by atoms with van der Waals surface area (Å²) in [5.41, 5.74) is 6.11. The number of nitrogens with zero attached hydrogens (tertiary/aromatic N) is 3. The van der Waals surface area contributed by atoms with Crippen molar-refractivity contribution in [3.05, 3.63) is 23.9 Å². The summed E-state index contributed by atoms with van der Waals surface area (Å²) in [6, 6.07) is 3.64. The molecule has 1 aromatic heterocycles. The van der Waals surface area contributed by atoms with Crippen molar-refractivity contribution in [1.29, 1.82) is 0 Å². The fourth-order valence-corrected chi connectivity index (χ4v) is 2.34. The van der Waals surface area contributed by atoms with Gasteiger partial charge in [0.1, 0.15) is 5.82 Å². The zero-order valence-corrected chi connectivity index (χ0v) is 15.2. The monoisotopic (exact) mass is 363 g/mol. The number of halogens is 2. The highest BCUT2D eigenvalue weighted by atomic mass is 35.5. The summed E-state index contributed by atoms with van der Waals surface area (Å²) in [4.78, 5) is 21.0. The molecule has 23 heavy (non-hydrogen) atoms. The van der Waals surface area contributed by atoms with Crippen LogP contribution in [-0.2, 0) is 0 Å². The van der Waals surface area contributed by atoms with Crippen LogP contribution in [-0.4, -0.2) is 62.1 Å². The van der Waals surface area contributed by atoms with Crippen LogP contribution >= 0.6 is 24.8 Å². The molecule has 0 unspecified atom stereocenters. The van der Waals surface area contributed by atoms with Gasteiger partial charge in [0.15, 0.2) is 0 Å². The van der Waals surface area contributed by atoms with Gasteiger partial charge in [-0.3, -0.25) is 4.79 Å². The molecule has 1 aromatic rings. The third-order valence-electron chi connectivity index (χ3n) is 3.75. The van der Waals surface area contributed by atoms with Gasteiger partial charge in [-0.05, 0) is 38.6 Å². The maximum absolute atomic E-state index is 12.1. The minimum atomic E-state index is -0.0372. The summed E-state index contributed by atoms with van der Waals surface area (Å²) in [5, 5.41) is 2.92. The number of hydrogen-bond donors (Lipinski definition) is 2. The molecule has 6 nitrogen and oxygen atoms in total. The van der Waals surface area contributed by atoms with Gasteiger partial charge in [0.2, 0.25) is 0 Å². The van der Waals surface area contributed by atoms with Gasteiger partial charge in [-0.15, -0.1) is 24.8 Å². The number of aromatic nitrogens is 1. The van der Waals surface area contributed by atoms with Crippen molar-refractivity contribution in [2.24, 2.45) is 5.73 Å². The van der Waals surface area contributed by atoms with Gasteiger partial charge < -0.3 is 20.9 Å². The van der Waals surface area contributed by atoms with Crippen molar-refractivity contribution in [2.45, 2.75) is 12.8 Å². The van der Waals surface area contributed by atoms with Gasteiger partial charge in [-0.2, -0.15) is 0 Å². The molecule has 1 saturated heterocycles. The standard InChI is InChI=1S/C15H25N5O.2ClH/c1-19-8-10-20(11-9-19)14-12-13(4-7-17-14)15(21)18-6-3-2-5-16;;/h4,7,12H,2-3,5-6,8-11,16H2,1H3,(H,18,21);2*1H. The lowest BCUT2D eigenvalue weighted by Crippen LogP contribution is -2.44. The maximum atomic E-state index is 12.1. The molecule has 0 aliphatic carbocycles. The summed E-state index contributed by atoms with van der Waals surface area (Å²) >= 11 is 0. The van der Waals surface area contributed by atoms with E-state index in [9.17, 15) is 4.79 Å². The fourth-order valence-electron chi connectivity index (χ4n) is 2.34. The van der Waals surface area contributed by atoms with E-state index in [0.29, 0.717) is 18.7 Å². The summed E-state index contributed by atoms with van der Waals surface area (Å²) in [7, 11) is 2.12. The third-order valence-corrected chi connectivity index (χ3v) is 3.75. The van der Waals surface area contributed by atoms with Crippen molar-refractivity contribution in [1.82, 2.24) is 15.2 Å². The number of anilines is 1. The van der Waals surface area contributed by atoms with E-state index in [2.05, 4.69) is 27.1 Å². The molecule has 0 aromatic carbocycles. The van der Waals surface area contributed by atoms with Crippen LogP contribution in [0.3, 0.4) is 0 Å². The Morgan fingerprint density at radius 3 is 2.61 bits per heavy atom. The van der Waals surface area contributed by atoms with Gasteiger partial charge in [0.05, 0.1) is 0 Å². The Morgan fingerprint density at radius 1 is 1.26 bits per heavy atom. The van der Waals surface area contributed by atoms with E-state index < -0.39 is 0 Å². The molecule has 3 N–H and O–H groups in total. The van der Waals surface area contributed by atoms with E-state index in [0.717, 1.165) is 44.8 Å². The molecule has 0 spiro atoms. The SMILES string of the molecule is CN1CCN(c2cc(C(=O)NCCCCN)ccn2)CC1.Cl.Cl. The first-order valence-electron chi connectivity index (χ1n) is 7.58. The van der Waals surface area contributed by atoms with Crippen LogP contribution in [0.1, 0.15) is 23.2 Å². The second-order valence-electron chi connectivity index (χ2n) is 5.44. The molecule has 0 bridgehead atoms. The number of piperazine rings is 1. The molecule has 0 radical (unpaired) electrons. The van der Waals surface area contributed by atoms with Crippen LogP contribution in [0.5, 0.6) is 0 Å². The van der Waals surface area contributed by atoms with Crippen LogP contribution < -0.4 is 16.0 Å². The van der Waals surface area contributed by atoms with E-state index in [-0.39, 0.29) is 30.7 Å². The Hall–Kier alpha value is -1.08. The summed E-state index contributed by atoms with van der Waals surface area (Å²) < 4.78 is 0. The average molecular weight is 364 g/mol. The van der Waals surface area contributed by atoms with Crippen molar-refractivity contribution in [3.8, 4) is 0 Å². The maximum Gasteiger partial charge on any atom is 0.251 e. The van der Waals surface area contributed by atoms with Crippen molar-refractivity contribution < 1.29 is 4.79 Å². The van der Waals surface area contributed by atoms with Crippen LogP contribution in [0.4, 0.5) is 5.82 Å². The van der Waals surface area contributed by atoms with E-state index in [1.807, 2.05) is 6.07 Å². The molecule has 1 aliphatic rings. The van der Waals surface area contributed by atoms with Crippen LogP contribution in [0, 0.1) is 0 Å². The molecule has 1 amide bonds. The second-order valence-corrected chi connectivity index (χ2v) is 5.44. The highest BCUT2D eigenvalue weighted by Crippen LogP contribution is 2.14. The first kappa shape index (κ1) is 21.9. The average Bonchev–Trinajstić information content (AvgIpc) is 2.52. The van der Waals surface area contributed by atoms with Crippen molar-refractivity contribution >= 4 is 36.5 Å². The zero-order valence-electron chi connectivity index (χ0n) is 13.5. The number of pyridine rings is 1. The molecule has 1 aliphatic heterocycles. The third kappa shape index (κ3) is 6.91. The number of likely N-dealkylation sites (N-methyl/N-ethyl adjacent to an activating group) is 1. The number of nitrogens with one attached hydrogen (secondary N) is 1. The predicted octanol–water partition coefficient (Wildman–Crippen LogP) is 1.15. The number of nitrogens with two attached hydrogens (primary N) is 1. The number of carbonyl (C=O) groups excluding carboxylic acids is 1. The molecule has 2 rings (SSSR count). The number of carbonyl (C=O) groups is 1. The molecular weight excluding hydrogens is 337 g/mol. The number of rotatable bonds is 6. The second kappa shape index (κ2) is 11.5. The Kier molecular flexibility index (Phi) is 10.9. The molecule has 0 atom stereocenters. The quantitative estimate of drug-likeness (QED) is 0.741. The summed E-state index contributed by atoms with van der Waals surface area (Å²) in [6.07, 6.45) is 3.56. The zero-order chi connectivity index (χ0) is 15.1. The topological polar surface area (TPSA) is 74.5 Å². The first-order chi connectivity index (χ1) is 10.2.